The maximum atomic E-state index is 6.18. The predicted molar refractivity (Wildman–Crippen MR) is 85.5 cm³/mol. The molecule has 1 aromatic carbocycles. The molecule has 1 heterocycles. The summed E-state index contributed by atoms with van der Waals surface area (Å²) < 4.78 is 6.18. The average Bonchev–Trinajstić information content (AvgIpc) is 2.90. The van der Waals surface area contributed by atoms with Crippen LogP contribution in [0.3, 0.4) is 0 Å². The standard InChI is InChI=1S/C17H25NOS/c1-2-18-14-7-9-15(10-8-14)19-12-16-11-13-5-3-4-6-17(13)20-16/h3-6,14-16,18H,2,7-12H2,1H3. The lowest BCUT2D eigenvalue weighted by Gasteiger charge is -2.29. The van der Waals surface area contributed by atoms with Gasteiger partial charge < -0.3 is 10.1 Å². The molecule has 0 radical (unpaired) electrons. The molecule has 1 atom stereocenters. The van der Waals surface area contributed by atoms with Gasteiger partial charge >= 0.3 is 0 Å². The van der Waals surface area contributed by atoms with Gasteiger partial charge in [-0.3, -0.25) is 0 Å². The maximum Gasteiger partial charge on any atom is 0.0595 e. The summed E-state index contributed by atoms with van der Waals surface area (Å²) in [6.45, 7) is 4.20. The van der Waals surface area contributed by atoms with E-state index in [-0.39, 0.29) is 0 Å². The van der Waals surface area contributed by atoms with Crippen LogP contribution in [0.4, 0.5) is 0 Å². The highest BCUT2D eigenvalue weighted by molar-refractivity contribution is 8.00. The summed E-state index contributed by atoms with van der Waals surface area (Å²) >= 11 is 2.00. The summed E-state index contributed by atoms with van der Waals surface area (Å²) in [4.78, 5) is 1.46. The molecule has 1 saturated carbocycles. The fourth-order valence-corrected chi connectivity index (χ4v) is 4.54. The monoisotopic (exact) mass is 291 g/mol. The van der Waals surface area contributed by atoms with E-state index >= 15 is 0 Å². The SMILES string of the molecule is CCNC1CCC(OCC2Cc3ccccc3S2)CC1. The van der Waals surface area contributed by atoms with E-state index in [4.69, 9.17) is 4.74 Å². The van der Waals surface area contributed by atoms with Crippen LogP contribution in [-0.2, 0) is 11.2 Å². The van der Waals surface area contributed by atoms with E-state index in [1.165, 1.54) is 42.6 Å². The molecular formula is C17H25NOS. The van der Waals surface area contributed by atoms with Gasteiger partial charge in [0, 0.05) is 16.2 Å². The van der Waals surface area contributed by atoms with Gasteiger partial charge in [-0.05, 0) is 50.3 Å². The molecule has 0 spiro atoms. The number of rotatable bonds is 5. The third kappa shape index (κ3) is 3.57. The molecule has 0 saturated heterocycles. The second kappa shape index (κ2) is 6.97. The highest BCUT2D eigenvalue weighted by Gasteiger charge is 2.25. The molecule has 1 unspecified atom stereocenters. The third-order valence-corrected chi connectivity index (χ3v) is 5.69. The van der Waals surface area contributed by atoms with Crippen molar-refractivity contribution in [3.05, 3.63) is 29.8 Å². The summed E-state index contributed by atoms with van der Waals surface area (Å²) in [5.41, 5.74) is 1.50. The van der Waals surface area contributed by atoms with Crippen molar-refractivity contribution in [2.45, 2.75) is 61.3 Å². The molecule has 110 valence electrons. The molecule has 3 heteroatoms. The largest absolute Gasteiger partial charge is 0.377 e. The Morgan fingerprint density at radius 1 is 1.20 bits per heavy atom. The Labute approximate surface area is 126 Å². The molecule has 0 bridgehead atoms. The lowest BCUT2D eigenvalue weighted by atomic mass is 9.93. The number of ether oxygens (including phenoxy) is 1. The van der Waals surface area contributed by atoms with Crippen LogP contribution in [0.5, 0.6) is 0 Å². The van der Waals surface area contributed by atoms with E-state index in [1.807, 2.05) is 11.8 Å². The molecule has 1 N–H and O–H groups in total. The Morgan fingerprint density at radius 2 is 2.00 bits per heavy atom. The van der Waals surface area contributed by atoms with Gasteiger partial charge in [0.25, 0.3) is 0 Å². The van der Waals surface area contributed by atoms with E-state index < -0.39 is 0 Å². The average molecular weight is 291 g/mol. The van der Waals surface area contributed by atoms with Crippen molar-refractivity contribution in [3.8, 4) is 0 Å². The Balaban J connectivity index is 1.39. The zero-order valence-corrected chi connectivity index (χ0v) is 13.1. The normalized spacial score (nSPS) is 29.4. The summed E-state index contributed by atoms with van der Waals surface area (Å²) in [5, 5.41) is 4.18. The summed E-state index contributed by atoms with van der Waals surface area (Å²) in [6.07, 6.45) is 6.67. The van der Waals surface area contributed by atoms with Crippen LogP contribution in [-0.4, -0.2) is 30.5 Å². The van der Waals surface area contributed by atoms with Gasteiger partial charge in [-0.25, -0.2) is 0 Å². The quantitative estimate of drug-likeness (QED) is 0.895. The zero-order valence-electron chi connectivity index (χ0n) is 12.3. The summed E-state index contributed by atoms with van der Waals surface area (Å²) in [6, 6.07) is 9.50. The maximum absolute atomic E-state index is 6.18. The zero-order chi connectivity index (χ0) is 13.8. The van der Waals surface area contributed by atoms with Crippen LogP contribution in [0.2, 0.25) is 0 Å². The van der Waals surface area contributed by atoms with E-state index in [0.717, 1.165) is 19.2 Å². The van der Waals surface area contributed by atoms with Gasteiger partial charge in [0.05, 0.1) is 12.7 Å². The van der Waals surface area contributed by atoms with Gasteiger partial charge in [0.1, 0.15) is 0 Å². The Bertz CT molecular complexity index is 404. The minimum atomic E-state index is 0.495. The fraction of sp³-hybridized carbons (Fsp3) is 0.647. The first kappa shape index (κ1) is 14.4. The van der Waals surface area contributed by atoms with Crippen LogP contribution in [0.1, 0.15) is 38.2 Å². The molecule has 1 fully saturated rings. The number of nitrogens with one attached hydrogen (secondary N) is 1. The minimum absolute atomic E-state index is 0.495. The van der Waals surface area contributed by atoms with Gasteiger partial charge in [-0.2, -0.15) is 0 Å². The molecule has 2 nitrogen and oxygen atoms in total. The second-order valence-corrected chi connectivity index (χ2v) is 7.26. The van der Waals surface area contributed by atoms with Crippen LogP contribution < -0.4 is 5.32 Å². The first-order valence-corrected chi connectivity index (χ1v) is 8.82. The van der Waals surface area contributed by atoms with Crippen LogP contribution >= 0.6 is 11.8 Å². The molecule has 0 aromatic heterocycles. The number of thioether (sulfide) groups is 1. The van der Waals surface area contributed by atoms with Gasteiger partial charge in [0.15, 0.2) is 0 Å². The van der Waals surface area contributed by atoms with E-state index in [0.29, 0.717) is 11.4 Å². The smallest absolute Gasteiger partial charge is 0.0595 e. The lowest BCUT2D eigenvalue weighted by Crippen LogP contribution is -2.35. The van der Waals surface area contributed by atoms with Crippen molar-refractivity contribution in [2.24, 2.45) is 0 Å². The van der Waals surface area contributed by atoms with Gasteiger partial charge in [-0.15, -0.1) is 11.8 Å². The van der Waals surface area contributed by atoms with Crippen molar-refractivity contribution in [1.82, 2.24) is 5.32 Å². The number of hydrogen-bond donors (Lipinski definition) is 1. The topological polar surface area (TPSA) is 21.3 Å². The highest BCUT2D eigenvalue weighted by atomic mass is 32.2. The predicted octanol–water partition coefficient (Wildman–Crippen LogP) is 3.64. The Hall–Kier alpha value is -0.510. The molecule has 2 aliphatic rings. The molecule has 0 amide bonds. The number of benzene rings is 1. The first-order valence-electron chi connectivity index (χ1n) is 7.94. The number of fused-ring (bicyclic) bond motifs is 1. The first-order chi connectivity index (χ1) is 9.85. The summed E-state index contributed by atoms with van der Waals surface area (Å²) in [7, 11) is 0. The van der Waals surface area contributed by atoms with Crippen molar-refractivity contribution in [1.29, 1.82) is 0 Å². The molecule has 20 heavy (non-hydrogen) atoms. The lowest BCUT2D eigenvalue weighted by molar-refractivity contribution is 0.0238. The van der Waals surface area contributed by atoms with Crippen molar-refractivity contribution >= 4 is 11.8 Å². The molecule has 1 aromatic rings. The third-order valence-electron chi connectivity index (χ3n) is 4.40. The second-order valence-electron chi connectivity index (χ2n) is 5.92. The molecule has 1 aliphatic carbocycles. The van der Waals surface area contributed by atoms with Crippen LogP contribution in [0.25, 0.3) is 0 Å². The molecular weight excluding hydrogens is 266 g/mol. The van der Waals surface area contributed by atoms with E-state index in [9.17, 15) is 0 Å². The van der Waals surface area contributed by atoms with Crippen molar-refractivity contribution in [3.63, 3.8) is 0 Å². The van der Waals surface area contributed by atoms with Crippen molar-refractivity contribution < 1.29 is 4.74 Å². The minimum Gasteiger partial charge on any atom is -0.377 e. The summed E-state index contributed by atoms with van der Waals surface area (Å²) in [5.74, 6) is 0. The van der Waals surface area contributed by atoms with Gasteiger partial charge in [-0.1, -0.05) is 25.1 Å². The molecule has 1 aliphatic heterocycles. The van der Waals surface area contributed by atoms with E-state index in [1.54, 1.807) is 0 Å². The highest BCUT2D eigenvalue weighted by Crippen LogP contribution is 2.37. The van der Waals surface area contributed by atoms with Gasteiger partial charge in [0.2, 0.25) is 0 Å². The van der Waals surface area contributed by atoms with Crippen molar-refractivity contribution in [2.75, 3.05) is 13.2 Å². The Morgan fingerprint density at radius 3 is 2.75 bits per heavy atom. The van der Waals surface area contributed by atoms with E-state index in [2.05, 4.69) is 36.5 Å². The molecule has 3 rings (SSSR count). The fourth-order valence-electron chi connectivity index (χ4n) is 3.31. The number of hydrogen-bond acceptors (Lipinski definition) is 3. The Kier molecular flexibility index (Phi) is 5.03. The van der Waals surface area contributed by atoms with Crippen LogP contribution in [0, 0.1) is 0 Å². The van der Waals surface area contributed by atoms with Crippen LogP contribution in [0.15, 0.2) is 29.2 Å².